The summed E-state index contributed by atoms with van der Waals surface area (Å²) in [4.78, 5) is 12.2. The highest BCUT2D eigenvalue weighted by Crippen LogP contribution is 2.26. The number of methoxy groups -OCH3 is 1. The average Bonchev–Trinajstić information content (AvgIpc) is 2.43. The maximum Gasteiger partial charge on any atom is 0.167 e. The molecule has 0 N–H and O–H groups in total. The van der Waals surface area contributed by atoms with Crippen LogP contribution in [0.5, 0.6) is 5.75 Å². The van der Waals surface area contributed by atoms with Gasteiger partial charge in [0.1, 0.15) is 11.6 Å². The normalized spacial score (nSPS) is 10.4. The fourth-order valence-electron chi connectivity index (χ4n) is 1.80. The van der Waals surface area contributed by atoms with E-state index < -0.39 is 5.82 Å². The minimum atomic E-state index is -0.546. The number of hydrogen-bond donors (Lipinski definition) is 0. The van der Waals surface area contributed by atoms with Crippen molar-refractivity contribution in [1.82, 2.24) is 0 Å². The summed E-state index contributed by atoms with van der Waals surface area (Å²) in [5.41, 5.74) is 0.770. The van der Waals surface area contributed by atoms with Crippen LogP contribution < -0.4 is 4.74 Å². The maximum atomic E-state index is 13.8. The Bertz CT molecular complexity index is 658. The second-order valence-corrected chi connectivity index (χ2v) is 5.42. The monoisotopic (exact) mass is 356 g/mol. The van der Waals surface area contributed by atoms with Crippen LogP contribution in [-0.2, 0) is 6.42 Å². The molecule has 0 saturated carbocycles. The number of Topliss-reactive ketones (excluding diaryl/α,β-unsaturated/α-hetero) is 1. The number of ether oxygens (including phenoxy) is 1. The van der Waals surface area contributed by atoms with E-state index in [4.69, 9.17) is 16.3 Å². The van der Waals surface area contributed by atoms with Gasteiger partial charge in [-0.3, -0.25) is 4.79 Å². The van der Waals surface area contributed by atoms with Crippen molar-refractivity contribution in [3.05, 3.63) is 62.8 Å². The molecule has 0 bridgehead atoms. The van der Waals surface area contributed by atoms with E-state index in [1.54, 1.807) is 37.4 Å². The van der Waals surface area contributed by atoms with Gasteiger partial charge in [-0.1, -0.05) is 23.7 Å². The lowest BCUT2D eigenvalue weighted by atomic mass is 10.0. The van der Waals surface area contributed by atoms with E-state index in [2.05, 4.69) is 15.9 Å². The zero-order valence-corrected chi connectivity index (χ0v) is 13.0. The summed E-state index contributed by atoms with van der Waals surface area (Å²) < 4.78 is 19.5. The lowest BCUT2D eigenvalue weighted by molar-refractivity contribution is 0.0991. The first kappa shape index (κ1) is 15.0. The van der Waals surface area contributed by atoms with Crippen molar-refractivity contribution >= 4 is 33.3 Å². The van der Waals surface area contributed by atoms with Crippen molar-refractivity contribution in [1.29, 1.82) is 0 Å². The Hall–Kier alpha value is -1.39. The molecule has 0 saturated heterocycles. The zero-order chi connectivity index (χ0) is 14.7. The quantitative estimate of drug-likeness (QED) is 0.743. The molecule has 0 aliphatic rings. The molecule has 0 amide bonds. The van der Waals surface area contributed by atoms with E-state index in [-0.39, 0.29) is 22.8 Å². The number of hydrogen-bond acceptors (Lipinski definition) is 2. The lowest BCUT2D eigenvalue weighted by Crippen LogP contribution is -2.05. The highest BCUT2D eigenvalue weighted by molar-refractivity contribution is 9.10. The van der Waals surface area contributed by atoms with Crippen LogP contribution in [0.3, 0.4) is 0 Å². The second kappa shape index (κ2) is 6.37. The number of ketones is 1. The number of benzene rings is 2. The van der Waals surface area contributed by atoms with Crippen molar-refractivity contribution in [2.75, 3.05) is 7.11 Å². The van der Waals surface area contributed by atoms with Crippen LogP contribution in [0.1, 0.15) is 15.9 Å². The van der Waals surface area contributed by atoms with Gasteiger partial charge in [-0.05, 0) is 45.8 Å². The third kappa shape index (κ3) is 3.19. The molecule has 0 unspecified atom stereocenters. The van der Waals surface area contributed by atoms with Gasteiger partial charge in [-0.2, -0.15) is 0 Å². The van der Waals surface area contributed by atoms with E-state index in [1.807, 2.05) is 0 Å². The molecule has 0 aliphatic carbocycles. The first-order valence-electron chi connectivity index (χ1n) is 5.82. The Labute approximate surface area is 129 Å². The number of halogens is 3. The average molecular weight is 358 g/mol. The molecule has 0 spiro atoms. The van der Waals surface area contributed by atoms with Crippen LogP contribution in [0.15, 0.2) is 40.9 Å². The number of rotatable bonds is 4. The molecule has 0 aliphatic heterocycles. The van der Waals surface area contributed by atoms with Crippen molar-refractivity contribution < 1.29 is 13.9 Å². The summed E-state index contributed by atoms with van der Waals surface area (Å²) in [6.07, 6.45) is -0.0365. The molecular formula is C15H11BrClFO2. The Balaban J connectivity index is 2.24. The van der Waals surface area contributed by atoms with Crippen LogP contribution in [0.2, 0.25) is 5.02 Å². The van der Waals surface area contributed by atoms with Gasteiger partial charge in [0.2, 0.25) is 0 Å². The van der Waals surface area contributed by atoms with Gasteiger partial charge in [0.05, 0.1) is 16.6 Å². The standard InChI is InChI=1S/C15H11BrClFO2/c1-20-14-6-5-9(7-11(14)16)13(19)8-10-3-2-4-12(17)15(10)18/h2-7H,8H2,1H3. The lowest BCUT2D eigenvalue weighted by Gasteiger charge is -2.07. The van der Waals surface area contributed by atoms with Gasteiger partial charge >= 0.3 is 0 Å². The Kier molecular flexibility index (Phi) is 4.78. The van der Waals surface area contributed by atoms with Crippen LogP contribution in [0.4, 0.5) is 4.39 Å². The minimum Gasteiger partial charge on any atom is -0.496 e. The fourth-order valence-corrected chi connectivity index (χ4v) is 2.53. The summed E-state index contributed by atoms with van der Waals surface area (Å²) in [7, 11) is 1.54. The SMILES string of the molecule is COc1ccc(C(=O)Cc2cccc(Cl)c2F)cc1Br. The molecule has 0 atom stereocenters. The number of carbonyl (C=O) groups is 1. The van der Waals surface area contributed by atoms with Crippen LogP contribution >= 0.6 is 27.5 Å². The minimum absolute atomic E-state index is 0.0196. The summed E-state index contributed by atoms with van der Waals surface area (Å²) in [6.45, 7) is 0. The molecule has 20 heavy (non-hydrogen) atoms. The molecule has 2 rings (SSSR count). The van der Waals surface area contributed by atoms with E-state index in [0.29, 0.717) is 15.8 Å². The fraction of sp³-hybridized carbons (Fsp3) is 0.133. The van der Waals surface area contributed by atoms with Gasteiger partial charge in [0, 0.05) is 12.0 Å². The van der Waals surface area contributed by atoms with Crippen molar-refractivity contribution in [3.8, 4) is 5.75 Å². The smallest absolute Gasteiger partial charge is 0.167 e. The first-order valence-corrected chi connectivity index (χ1v) is 6.99. The van der Waals surface area contributed by atoms with Gasteiger partial charge in [0.25, 0.3) is 0 Å². The van der Waals surface area contributed by atoms with E-state index in [0.717, 1.165) is 0 Å². The zero-order valence-electron chi connectivity index (χ0n) is 10.6. The topological polar surface area (TPSA) is 26.3 Å². The summed E-state index contributed by atoms with van der Waals surface area (Å²) in [5, 5.41) is 0.0196. The Morgan fingerprint density at radius 1 is 1.35 bits per heavy atom. The van der Waals surface area contributed by atoms with Crippen LogP contribution in [-0.4, -0.2) is 12.9 Å². The molecule has 0 fully saturated rings. The molecule has 2 nitrogen and oxygen atoms in total. The molecule has 0 aromatic heterocycles. The van der Waals surface area contributed by atoms with Crippen LogP contribution in [0, 0.1) is 5.82 Å². The van der Waals surface area contributed by atoms with Crippen molar-refractivity contribution in [3.63, 3.8) is 0 Å². The van der Waals surface area contributed by atoms with Crippen molar-refractivity contribution in [2.24, 2.45) is 0 Å². The molecule has 2 aromatic carbocycles. The first-order chi connectivity index (χ1) is 9.52. The third-order valence-electron chi connectivity index (χ3n) is 2.86. The Morgan fingerprint density at radius 2 is 2.10 bits per heavy atom. The predicted molar refractivity (Wildman–Crippen MR) is 80.1 cm³/mol. The van der Waals surface area contributed by atoms with E-state index >= 15 is 0 Å². The summed E-state index contributed by atoms with van der Waals surface area (Å²) in [5.74, 6) is -0.0971. The Morgan fingerprint density at radius 3 is 2.75 bits per heavy atom. The van der Waals surface area contributed by atoms with Gasteiger partial charge < -0.3 is 4.74 Å². The summed E-state index contributed by atoms with van der Waals surface area (Å²) >= 11 is 9.01. The predicted octanol–water partition coefficient (Wildman–Crippen LogP) is 4.68. The highest BCUT2D eigenvalue weighted by Gasteiger charge is 2.13. The maximum absolute atomic E-state index is 13.8. The third-order valence-corrected chi connectivity index (χ3v) is 3.77. The van der Waals surface area contributed by atoms with E-state index in [9.17, 15) is 9.18 Å². The molecule has 0 radical (unpaired) electrons. The molecule has 2 aromatic rings. The van der Waals surface area contributed by atoms with Crippen LogP contribution in [0.25, 0.3) is 0 Å². The summed E-state index contributed by atoms with van der Waals surface area (Å²) in [6, 6.07) is 9.62. The van der Waals surface area contributed by atoms with Gasteiger partial charge in [-0.25, -0.2) is 4.39 Å². The van der Waals surface area contributed by atoms with Gasteiger partial charge in [-0.15, -0.1) is 0 Å². The molecule has 0 heterocycles. The van der Waals surface area contributed by atoms with E-state index in [1.165, 1.54) is 6.07 Å². The largest absolute Gasteiger partial charge is 0.496 e. The molecule has 104 valence electrons. The highest BCUT2D eigenvalue weighted by atomic mass is 79.9. The second-order valence-electron chi connectivity index (χ2n) is 4.16. The molecule has 5 heteroatoms. The van der Waals surface area contributed by atoms with Crippen molar-refractivity contribution in [2.45, 2.75) is 6.42 Å². The van der Waals surface area contributed by atoms with Gasteiger partial charge in [0.15, 0.2) is 5.78 Å². The molecular weight excluding hydrogens is 347 g/mol. The number of carbonyl (C=O) groups excluding carboxylic acids is 1.